The van der Waals surface area contributed by atoms with Gasteiger partial charge in [0, 0.05) is 12.5 Å². The third-order valence-electron chi connectivity index (χ3n) is 4.24. The van der Waals surface area contributed by atoms with Gasteiger partial charge in [-0.25, -0.2) is 0 Å². The van der Waals surface area contributed by atoms with E-state index in [2.05, 4.69) is 34.7 Å². The minimum atomic E-state index is 0.226. The van der Waals surface area contributed by atoms with Crippen molar-refractivity contribution in [2.45, 2.75) is 52.0 Å². The van der Waals surface area contributed by atoms with E-state index in [1.807, 2.05) is 0 Å². The number of nitrogens with two attached hydrogens (primary N) is 1. The lowest BCUT2D eigenvalue weighted by atomic mass is 9.65. The second kappa shape index (κ2) is 5.32. The first-order chi connectivity index (χ1) is 8.53. The Morgan fingerprint density at radius 3 is 2.83 bits per heavy atom. The Kier molecular flexibility index (Phi) is 3.97. The van der Waals surface area contributed by atoms with E-state index >= 15 is 0 Å². The zero-order chi connectivity index (χ0) is 13.2. The summed E-state index contributed by atoms with van der Waals surface area (Å²) in [5, 5.41) is 12.2. The molecule has 0 radical (unpaired) electrons. The van der Waals surface area contributed by atoms with E-state index in [0.29, 0.717) is 11.3 Å². The van der Waals surface area contributed by atoms with Crippen molar-refractivity contribution in [1.29, 1.82) is 0 Å². The number of hydrogen-bond acceptors (Lipinski definition) is 5. The molecule has 1 fully saturated rings. The van der Waals surface area contributed by atoms with Crippen LogP contribution in [0.1, 0.15) is 45.4 Å². The molecule has 6 heteroatoms. The fourth-order valence-electron chi connectivity index (χ4n) is 3.19. The molecule has 1 aromatic heterocycles. The first-order valence-electron chi connectivity index (χ1n) is 6.72. The molecule has 1 aliphatic rings. The van der Waals surface area contributed by atoms with E-state index in [0.717, 1.165) is 12.2 Å². The van der Waals surface area contributed by atoms with Gasteiger partial charge in [0.2, 0.25) is 0 Å². The van der Waals surface area contributed by atoms with Crippen LogP contribution in [0, 0.1) is 11.3 Å². The summed E-state index contributed by atoms with van der Waals surface area (Å²) >= 11 is 0. The van der Waals surface area contributed by atoms with Crippen LogP contribution in [0.3, 0.4) is 0 Å². The largest absolute Gasteiger partial charge is 0.271 e. The molecule has 1 aromatic rings. The average Bonchev–Trinajstić information content (AvgIpc) is 2.72. The molecule has 3 N–H and O–H groups in total. The Balaban J connectivity index is 2.07. The van der Waals surface area contributed by atoms with Gasteiger partial charge in [0.05, 0.1) is 7.05 Å². The van der Waals surface area contributed by atoms with Crippen LogP contribution in [-0.4, -0.2) is 26.2 Å². The maximum absolute atomic E-state index is 5.75. The highest BCUT2D eigenvalue weighted by atomic mass is 15.6. The second-order valence-corrected chi connectivity index (χ2v) is 6.01. The number of hydrogen-bond donors (Lipinski definition) is 2. The predicted octanol–water partition coefficient (Wildman–Crippen LogP) is 0.801. The summed E-state index contributed by atoms with van der Waals surface area (Å²) in [6, 6.07) is 0.226. The number of tetrazole rings is 1. The van der Waals surface area contributed by atoms with E-state index in [1.165, 1.54) is 30.5 Å². The standard InChI is InChI=1S/C12H24N6/c1-12(2)7-5-4-6-9(12)10(14-13)8-11-15-17-18(3)16-11/h9-10,14H,4-8,13H2,1-3H3. The summed E-state index contributed by atoms with van der Waals surface area (Å²) < 4.78 is 0. The predicted molar refractivity (Wildman–Crippen MR) is 69.4 cm³/mol. The van der Waals surface area contributed by atoms with E-state index in [1.54, 1.807) is 7.05 Å². The molecule has 0 aromatic carbocycles. The van der Waals surface area contributed by atoms with Gasteiger partial charge < -0.3 is 0 Å². The highest BCUT2D eigenvalue weighted by Crippen LogP contribution is 2.42. The minimum absolute atomic E-state index is 0.226. The van der Waals surface area contributed by atoms with E-state index < -0.39 is 0 Å². The summed E-state index contributed by atoms with van der Waals surface area (Å²) in [5.41, 5.74) is 3.30. The Bertz CT molecular complexity index is 386. The lowest BCUT2D eigenvalue weighted by Gasteiger charge is -2.42. The van der Waals surface area contributed by atoms with Gasteiger partial charge in [-0.1, -0.05) is 26.7 Å². The molecular formula is C12H24N6. The summed E-state index contributed by atoms with van der Waals surface area (Å²) in [7, 11) is 1.78. The molecule has 2 rings (SSSR count). The molecule has 0 saturated heterocycles. The Morgan fingerprint density at radius 1 is 1.50 bits per heavy atom. The molecule has 1 aliphatic carbocycles. The normalized spacial score (nSPS) is 25.0. The average molecular weight is 252 g/mol. The molecule has 0 bridgehead atoms. The zero-order valence-corrected chi connectivity index (χ0v) is 11.6. The number of rotatable bonds is 4. The van der Waals surface area contributed by atoms with Gasteiger partial charge >= 0.3 is 0 Å². The van der Waals surface area contributed by atoms with Crippen LogP contribution >= 0.6 is 0 Å². The van der Waals surface area contributed by atoms with Gasteiger partial charge in [0.15, 0.2) is 5.82 Å². The first-order valence-corrected chi connectivity index (χ1v) is 6.72. The van der Waals surface area contributed by atoms with Gasteiger partial charge in [0.25, 0.3) is 0 Å². The summed E-state index contributed by atoms with van der Waals surface area (Å²) in [4.78, 5) is 1.49. The minimum Gasteiger partial charge on any atom is -0.271 e. The molecule has 18 heavy (non-hydrogen) atoms. The van der Waals surface area contributed by atoms with Crippen molar-refractivity contribution in [2.75, 3.05) is 0 Å². The number of aromatic nitrogens is 4. The van der Waals surface area contributed by atoms with Crippen LogP contribution in [0.2, 0.25) is 0 Å². The molecule has 2 unspecified atom stereocenters. The van der Waals surface area contributed by atoms with Crippen LogP contribution in [0.15, 0.2) is 0 Å². The summed E-state index contributed by atoms with van der Waals surface area (Å²) in [6.07, 6.45) is 5.86. The molecule has 0 amide bonds. The lowest BCUT2D eigenvalue weighted by molar-refractivity contribution is 0.0974. The van der Waals surface area contributed by atoms with Crippen molar-refractivity contribution >= 4 is 0 Å². The van der Waals surface area contributed by atoms with E-state index in [-0.39, 0.29) is 6.04 Å². The maximum Gasteiger partial charge on any atom is 0.176 e. The molecule has 1 heterocycles. The molecule has 1 saturated carbocycles. The van der Waals surface area contributed by atoms with Crippen LogP contribution < -0.4 is 11.3 Å². The molecule has 2 atom stereocenters. The fraction of sp³-hybridized carbons (Fsp3) is 0.917. The Hall–Kier alpha value is -1.01. The van der Waals surface area contributed by atoms with Crippen molar-refractivity contribution in [2.24, 2.45) is 24.2 Å². The topological polar surface area (TPSA) is 81.7 Å². The van der Waals surface area contributed by atoms with E-state index in [9.17, 15) is 0 Å². The molecule has 102 valence electrons. The molecule has 6 nitrogen and oxygen atoms in total. The van der Waals surface area contributed by atoms with Gasteiger partial charge in [-0.3, -0.25) is 11.3 Å². The van der Waals surface area contributed by atoms with Crippen LogP contribution in [0.5, 0.6) is 0 Å². The monoisotopic (exact) mass is 252 g/mol. The second-order valence-electron chi connectivity index (χ2n) is 6.01. The fourth-order valence-corrected chi connectivity index (χ4v) is 3.19. The third-order valence-corrected chi connectivity index (χ3v) is 4.24. The van der Waals surface area contributed by atoms with E-state index in [4.69, 9.17) is 5.84 Å². The Morgan fingerprint density at radius 2 is 2.28 bits per heavy atom. The number of nitrogens with one attached hydrogen (secondary N) is 1. The van der Waals surface area contributed by atoms with Crippen molar-refractivity contribution in [1.82, 2.24) is 25.6 Å². The summed E-state index contributed by atoms with van der Waals surface area (Å²) in [6.45, 7) is 4.68. The SMILES string of the molecule is Cn1nnc(CC(NN)C2CCCCC2(C)C)n1. The number of hydrazine groups is 1. The first kappa shape index (κ1) is 13.4. The quantitative estimate of drug-likeness (QED) is 0.612. The summed E-state index contributed by atoms with van der Waals surface area (Å²) in [5.74, 6) is 7.08. The highest BCUT2D eigenvalue weighted by Gasteiger charge is 2.37. The van der Waals surface area contributed by atoms with Gasteiger partial charge in [-0.15, -0.1) is 10.2 Å². The smallest absolute Gasteiger partial charge is 0.176 e. The number of nitrogens with zero attached hydrogens (tertiary/aromatic N) is 4. The molecule has 0 spiro atoms. The Labute approximate surface area is 108 Å². The lowest BCUT2D eigenvalue weighted by Crippen LogP contribution is -2.49. The van der Waals surface area contributed by atoms with Crippen molar-refractivity contribution in [3.8, 4) is 0 Å². The maximum atomic E-state index is 5.75. The van der Waals surface area contributed by atoms with Gasteiger partial charge in [0.1, 0.15) is 0 Å². The number of aryl methyl sites for hydroxylation is 1. The van der Waals surface area contributed by atoms with Crippen LogP contribution in [-0.2, 0) is 13.5 Å². The van der Waals surface area contributed by atoms with Gasteiger partial charge in [-0.2, -0.15) is 4.80 Å². The zero-order valence-electron chi connectivity index (χ0n) is 11.6. The van der Waals surface area contributed by atoms with Crippen molar-refractivity contribution < 1.29 is 0 Å². The van der Waals surface area contributed by atoms with Crippen molar-refractivity contribution in [3.63, 3.8) is 0 Å². The van der Waals surface area contributed by atoms with Gasteiger partial charge in [-0.05, 0) is 29.4 Å². The van der Waals surface area contributed by atoms with Crippen molar-refractivity contribution in [3.05, 3.63) is 5.82 Å². The van der Waals surface area contributed by atoms with Crippen LogP contribution in [0.25, 0.3) is 0 Å². The highest BCUT2D eigenvalue weighted by molar-refractivity contribution is 4.94. The third kappa shape index (κ3) is 2.87. The molecule has 0 aliphatic heterocycles. The van der Waals surface area contributed by atoms with Crippen LogP contribution in [0.4, 0.5) is 0 Å². The molecular weight excluding hydrogens is 228 g/mol.